The van der Waals surface area contributed by atoms with Gasteiger partial charge in [-0.3, -0.25) is 24.0 Å². The SMILES string of the molecule is NCC(=O)NCC(=O)NC(CC(=O)O)C(=O)NCC(=O)O. The van der Waals surface area contributed by atoms with Crippen molar-refractivity contribution in [3.8, 4) is 0 Å². The fraction of sp³-hybridized carbons (Fsp3) is 0.500. The van der Waals surface area contributed by atoms with Crippen LogP contribution in [0.25, 0.3) is 0 Å². The van der Waals surface area contributed by atoms with E-state index in [1.54, 1.807) is 0 Å². The van der Waals surface area contributed by atoms with Gasteiger partial charge in [-0.15, -0.1) is 0 Å². The minimum Gasteiger partial charge on any atom is -0.481 e. The molecule has 7 N–H and O–H groups in total. The number of nitrogens with two attached hydrogens (primary N) is 1. The molecule has 0 saturated heterocycles. The molecule has 11 nitrogen and oxygen atoms in total. The average molecular weight is 304 g/mol. The fourth-order valence-corrected chi connectivity index (χ4v) is 1.17. The zero-order valence-electron chi connectivity index (χ0n) is 10.9. The lowest BCUT2D eigenvalue weighted by Gasteiger charge is -2.16. The third-order valence-electron chi connectivity index (χ3n) is 2.08. The van der Waals surface area contributed by atoms with Crippen molar-refractivity contribution in [2.45, 2.75) is 12.5 Å². The molecule has 0 aromatic rings. The molecule has 0 aliphatic carbocycles. The van der Waals surface area contributed by atoms with Crippen molar-refractivity contribution in [1.29, 1.82) is 0 Å². The molecule has 21 heavy (non-hydrogen) atoms. The van der Waals surface area contributed by atoms with Crippen molar-refractivity contribution < 1.29 is 34.2 Å². The van der Waals surface area contributed by atoms with E-state index in [1.165, 1.54) is 0 Å². The summed E-state index contributed by atoms with van der Waals surface area (Å²) < 4.78 is 0. The Labute approximate surface area is 118 Å². The van der Waals surface area contributed by atoms with E-state index in [0.717, 1.165) is 0 Å². The molecule has 0 aliphatic rings. The molecule has 1 unspecified atom stereocenters. The molecule has 0 radical (unpaired) electrons. The fourth-order valence-electron chi connectivity index (χ4n) is 1.17. The highest BCUT2D eigenvalue weighted by Crippen LogP contribution is 1.93. The standard InChI is InChI=1S/C10H16N4O7/c11-2-6(15)12-3-7(16)14-5(1-8(17)18)10(21)13-4-9(19)20/h5H,1-4,11H2,(H,12,15)(H,13,21)(H,14,16)(H,17,18)(H,19,20). The van der Waals surface area contributed by atoms with E-state index in [1.807, 2.05) is 5.32 Å². The number of nitrogens with one attached hydrogen (secondary N) is 3. The van der Waals surface area contributed by atoms with Crippen molar-refractivity contribution >= 4 is 29.7 Å². The summed E-state index contributed by atoms with van der Waals surface area (Å²) in [4.78, 5) is 54.7. The summed E-state index contributed by atoms with van der Waals surface area (Å²) >= 11 is 0. The minimum absolute atomic E-state index is 0.328. The Morgan fingerprint density at radius 3 is 2.00 bits per heavy atom. The first-order chi connectivity index (χ1) is 9.76. The van der Waals surface area contributed by atoms with Gasteiger partial charge in [0.2, 0.25) is 17.7 Å². The van der Waals surface area contributed by atoms with Crippen LogP contribution < -0.4 is 21.7 Å². The van der Waals surface area contributed by atoms with Gasteiger partial charge in [-0.1, -0.05) is 0 Å². The Morgan fingerprint density at radius 1 is 0.905 bits per heavy atom. The monoisotopic (exact) mass is 304 g/mol. The number of carbonyl (C=O) groups is 5. The lowest BCUT2D eigenvalue weighted by atomic mass is 10.2. The number of rotatable bonds is 9. The van der Waals surface area contributed by atoms with Crippen LogP contribution >= 0.6 is 0 Å². The van der Waals surface area contributed by atoms with E-state index < -0.39 is 55.2 Å². The third kappa shape index (κ3) is 8.93. The second-order valence-electron chi connectivity index (χ2n) is 3.81. The smallest absolute Gasteiger partial charge is 0.322 e. The number of hydrogen-bond donors (Lipinski definition) is 6. The van der Waals surface area contributed by atoms with E-state index in [-0.39, 0.29) is 6.54 Å². The van der Waals surface area contributed by atoms with E-state index in [9.17, 15) is 24.0 Å². The third-order valence-corrected chi connectivity index (χ3v) is 2.08. The van der Waals surface area contributed by atoms with E-state index in [4.69, 9.17) is 15.9 Å². The van der Waals surface area contributed by atoms with Crippen LogP contribution in [0.2, 0.25) is 0 Å². The topological polar surface area (TPSA) is 188 Å². The highest BCUT2D eigenvalue weighted by Gasteiger charge is 2.24. The normalized spacial score (nSPS) is 11.1. The molecule has 0 aromatic carbocycles. The quantitative estimate of drug-likeness (QED) is 0.250. The van der Waals surface area contributed by atoms with Crippen molar-refractivity contribution in [3.05, 3.63) is 0 Å². The van der Waals surface area contributed by atoms with Crippen LogP contribution in [0.1, 0.15) is 6.42 Å². The van der Waals surface area contributed by atoms with E-state index in [2.05, 4.69) is 10.6 Å². The largest absolute Gasteiger partial charge is 0.481 e. The van der Waals surface area contributed by atoms with Crippen LogP contribution in [0.15, 0.2) is 0 Å². The summed E-state index contributed by atoms with van der Waals surface area (Å²) in [5, 5.41) is 23.2. The molecule has 3 amide bonds. The molecule has 0 aromatic heterocycles. The summed E-state index contributed by atoms with van der Waals surface area (Å²) in [6, 6.07) is -1.45. The van der Waals surface area contributed by atoms with Crippen LogP contribution in [0.3, 0.4) is 0 Å². The molecule has 0 spiro atoms. The van der Waals surface area contributed by atoms with Gasteiger partial charge in [-0.05, 0) is 0 Å². The minimum atomic E-state index is -1.45. The van der Waals surface area contributed by atoms with Crippen molar-refractivity contribution in [3.63, 3.8) is 0 Å². The average Bonchev–Trinajstić information content (AvgIpc) is 2.40. The number of amides is 3. The van der Waals surface area contributed by atoms with Crippen LogP contribution in [0.4, 0.5) is 0 Å². The molecule has 0 aliphatic heterocycles. The summed E-state index contributed by atoms with van der Waals surface area (Å²) in [7, 11) is 0. The number of carbonyl (C=O) groups excluding carboxylic acids is 3. The Kier molecular flexibility index (Phi) is 8.07. The molecule has 0 fully saturated rings. The predicted molar refractivity (Wildman–Crippen MR) is 66.9 cm³/mol. The molecule has 0 bridgehead atoms. The van der Waals surface area contributed by atoms with Gasteiger partial charge >= 0.3 is 11.9 Å². The zero-order valence-corrected chi connectivity index (χ0v) is 10.9. The molecule has 1 atom stereocenters. The Bertz CT molecular complexity index is 437. The van der Waals surface area contributed by atoms with Gasteiger partial charge in [0, 0.05) is 0 Å². The summed E-state index contributed by atoms with van der Waals surface area (Å²) in [6.45, 7) is -1.53. The van der Waals surface area contributed by atoms with Gasteiger partial charge < -0.3 is 31.9 Å². The molecular formula is C10H16N4O7. The summed E-state index contributed by atoms with van der Waals surface area (Å²) in [6.07, 6.45) is -0.734. The summed E-state index contributed by atoms with van der Waals surface area (Å²) in [5.74, 6) is -5.06. The van der Waals surface area contributed by atoms with Crippen LogP contribution in [-0.2, 0) is 24.0 Å². The van der Waals surface area contributed by atoms with Gasteiger partial charge in [-0.25, -0.2) is 0 Å². The Morgan fingerprint density at radius 2 is 1.52 bits per heavy atom. The second kappa shape index (κ2) is 9.25. The number of carboxylic acids is 2. The first-order valence-corrected chi connectivity index (χ1v) is 5.73. The van der Waals surface area contributed by atoms with Crippen LogP contribution in [0.5, 0.6) is 0 Å². The maximum atomic E-state index is 11.6. The first kappa shape index (κ1) is 18.3. The van der Waals surface area contributed by atoms with Crippen LogP contribution in [-0.4, -0.2) is 65.5 Å². The molecule has 11 heteroatoms. The molecule has 0 rings (SSSR count). The predicted octanol–water partition coefficient (Wildman–Crippen LogP) is -3.78. The molecular weight excluding hydrogens is 288 g/mol. The number of carboxylic acid groups (broad SMARTS) is 2. The maximum Gasteiger partial charge on any atom is 0.322 e. The Hall–Kier alpha value is -2.69. The second-order valence-corrected chi connectivity index (χ2v) is 3.81. The van der Waals surface area contributed by atoms with E-state index in [0.29, 0.717) is 0 Å². The Balaban J connectivity index is 4.50. The molecule has 0 saturated carbocycles. The maximum absolute atomic E-state index is 11.6. The van der Waals surface area contributed by atoms with Gasteiger partial charge in [0.25, 0.3) is 0 Å². The van der Waals surface area contributed by atoms with Gasteiger partial charge in [0.05, 0.1) is 19.5 Å². The van der Waals surface area contributed by atoms with Gasteiger partial charge in [-0.2, -0.15) is 0 Å². The highest BCUT2D eigenvalue weighted by atomic mass is 16.4. The first-order valence-electron chi connectivity index (χ1n) is 5.73. The zero-order chi connectivity index (χ0) is 16.4. The van der Waals surface area contributed by atoms with Crippen molar-refractivity contribution in [2.75, 3.05) is 19.6 Å². The van der Waals surface area contributed by atoms with Gasteiger partial charge in [0.15, 0.2) is 0 Å². The van der Waals surface area contributed by atoms with Crippen molar-refractivity contribution in [2.24, 2.45) is 5.73 Å². The molecule has 0 heterocycles. The van der Waals surface area contributed by atoms with Gasteiger partial charge in [0.1, 0.15) is 12.6 Å². The number of hydrogen-bond acceptors (Lipinski definition) is 6. The lowest BCUT2D eigenvalue weighted by Crippen LogP contribution is -2.51. The lowest BCUT2D eigenvalue weighted by molar-refractivity contribution is -0.141. The van der Waals surface area contributed by atoms with Crippen molar-refractivity contribution in [1.82, 2.24) is 16.0 Å². The highest BCUT2D eigenvalue weighted by molar-refractivity contribution is 5.93. The molecule has 118 valence electrons. The van der Waals surface area contributed by atoms with Crippen LogP contribution in [0, 0.1) is 0 Å². The van der Waals surface area contributed by atoms with E-state index >= 15 is 0 Å². The summed E-state index contributed by atoms with van der Waals surface area (Å²) in [5.41, 5.74) is 5.00. The number of aliphatic carboxylic acids is 2.